The van der Waals surface area contributed by atoms with Gasteiger partial charge in [0.1, 0.15) is 23.8 Å². The summed E-state index contributed by atoms with van der Waals surface area (Å²) < 4.78 is 46.2. The number of aromatic nitrogens is 4. The maximum Gasteiger partial charge on any atom is 0.417 e. The molecule has 5 rings (SSSR count). The second kappa shape index (κ2) is 10.3. The molecule has 0 unspecified atom stereocenters. The highest BCUT2D eigenvalue weighted by atomic mass is 19.4. The number of benzene rings is 2. The molecular weight excluding hydrogens is 511 g/mol. The first-order chi connectivity index (χ1) is 18.6. The lowest BCUT2D eigenvalue weighted by atomic mass is 9.98. The summed E-state index contributed by atoms with van der Waals surface area (Å²) in [6.45, 7) is 1.29. The van der Waals surface area contributed by atoms with Crippen LogP contribution >= 0.6 is 0 Å². The predicted molar refractivity (Wildman–Crippen MR) is 141 cm³/mol. The van der Waals surface area contributed by atoms with Crippen molar-refractivity contribution in [2.24, 2.45) is 0 Å². The summed E-state index contributed by atoms with van der Waals surface area (Å²) >= 11 is 0. The fourth-order valence-corrected chi connectivity index (χ4v) is 4.26. The van der Waals surface area contributed by atoms with Gasteiger partial charge in [0, 0.05) is 41.0 Å². The smallest absolute Gasteiger partial charge is 0.417 e. The van der Waals surface area contributed by atoms with Crippen molar-refractivity contribution in [2.45, 2.75) is 6.18 Å². The molecule has 0 fully saturated rings. The zero-order valence-corrected chi connectivity index (χ0v) is 21.0. The molecular formula is C28H24F3N5O3. The molecule has 3 N–H and O–H groups in total. The predicted octanol–water partition coefficient (Wildman–Crippen LogP) is 5.94. The number of nitrogens with one attached hydrogen (secondary N) is 2. The lowest BCUT2D eigenvalue weighted by molar-refractivity contribution is -0.138. The SMILES string of the molecule is CN(C)CCOc1ccc(-c2nc(-c3ccc(C(F)(F)F)c(C(=O)O)c3)c(-c3ccnc4[nH]ccc34)[nH]2)cc1. The number of hydrogen-bond acceptors (Lipinski definition) is 5. The van der Waals surface area contributed by atoms with Gasteiger partial charge >= 0.3 is 12.1 Å². The van der Waals surface area contributed by atoms with Gasteiger partial charge in [0.2, 0.25) is 0 Å². The molecule has 2 aromatic carbocycles. The average molecular weight is 536 g/mol. The number of carbonyl (C=O) groups is 1. The van der Waals surface area contributed by atoms with Crippen molar-refractivity contribution in [1.82, 2.24) is 24.8 Å². The van der Waals surface area contributed by atoms with Crippen LogP contribution in [0.2, 0.25) is 0 Å². The molecule has 0 aliphatic heterocycles. The van der Waals surface area contributed by atoms with Crippen molar-refractivity contribution >= 4 is 17.0 Å². The lowest BCUT2D eigenvalue weighted by Gasteiger charge is -2.12. The van der Waals surface area contributed by atoms with E-state index in [1.165, 1.54) is 6.07 Å². The van der Waals surface area contributed by atoms with Gasteiger partial charge in [0.25, 0.3) is 0 Å². The largest absolute Gasteiger partial charge is 0.492 e. The normalized spacial score (nSPS) is 11.8. The minimum absolute atomic E-state index is 0.224. The monoisotopic (exact) mass is 535 g/mol. The number of pyridine rings is 1. The van der Waals surface area contributed by atoms with E-state index in [0.29, 0.717) is 46.3 Å². The fraction of sp³-hybridized carbons (Fsp3) is 0.179. The van der Waals surface area contributed by atoms with E-state index in [1.807, 2.05) is 49.3 Å². The third kappa shape index (κ3) is 5.34. The van der Waals surface area contributed by atoms with Crippen molar-refractivity contribution < 1.29 is 27.8 Å². The Morgan fingerprint density at radius 2 is 1.79 bits per heavy atom. The van der Waals surface area contributed by atoms with E-state index in [4.69, 9.17) is 9.72 Å². The van der Waals surface area contributed by atoms with Crippen LogP contribution in [0.5, 0.6) is 5.75 Å². The highest BCUT2D eigenvalue weighted by Crippen LogP contribution is 2.39. The number of aromatic carboxylic acids is 1. The zero-order chi connectivity index (χ0) is 27.7. The van der Waals surface area contributed by atoms with Crippen LogP contribution in [0.25, 0.3) is 44.9 Å². The Kier molecular flexibility index (Phi) is 6.83. The molecule has 0 bridgehead atoms. The van der Waals surface area contributed by atoms with Gasteiger partial charge in [-0.15, -0.1) is 0 Å². The Morgan fingerprint density at radius 1 is 1.05 bits per heavy atom. The molecule has 0 aliphatic rings. The van der Waals surface area contributed by atoms with Crippen LogP contribution in [0.3, 0.4) is 0 Å². The number of hydrogen-bond donors (Lipinski definition) is 3. The van der Waals surface area contributed by atoms with Crippen molar-refractivity contribution in [3.63, 3.8) is 0 Å². The molecule has 39 heavy (non-hydrogen) atoms. The quantitative estimate of drug-likeness (QED) is 0.227. The number of likely N-dealkylation sites (N-methyl/N-ethyl adjacent to an activating group) is 1. The number of carboxylic acids is 1. The number of nitrogens with zero attached hydrogens (tertiary/aromatic N) is 3. The summed E-state index contributed by atoms with van der Waals surface area (Å²) in [6, 6.07) is 13.9. The summed E-state index contributed by atoms with van der Waals surface area (Å²) in [4.78, 5) is 29.1. The van der Waals surface area contributed by atoms with Gasteiger partial charge in [-0.25, -0.2) is 14.8 Å². The Hall–Kier alpha value is -4.64. The van der Waals surface area contributed by atoms with Crippen molar-refractivity contribution in [1.29, 1.82) is 0 Å². The second-order valence-electron chi connectivity index (χ2n) is 9.15. The van der Waals surface area contributed by atoms with Gasteiger partial charge < -0.3 is 24.7 Å². The second-order valence-corrected chi connectivity index (χ2v) is 9.15. The summed E-state index contributed by atoms with van der Waals surface area (Å²) in [6.07, 6.45) is -1.48. The molecule has 0 saturated heterocycles. The average Bonchev–Trinajstić information content (AvgIpc) is 3.56. The number of alkyl halides is 3. The van der Waals surface area contributed by atoms with Crippen molar-refractivity contribution in [3.8, 4) is 39.7 Å². The van der Waals surface area contributed by atoms with Gasteiger partial charge in [-0.3, -0.25) is 0 Å². The maximum atomic E-state index is 13.5. The first kappa shape index (κ1) is 26.0. The number of carboxylic acid groups (broad SMARTS) is 1. The Morgan fingerprint density at radius 3 is 2.49 bits per heavy atom. The first-order valence-corrected chi connectivity index (χ1v) is 12.0. The Labute approximate surface area is 221 Å². The molecule has 0 saturated carbocycles. The van der Waals surface area contributed by atoms with E-state index >= 15 is 0 Å². The molecule has 0 radical (unpaired) electrons. The van der Waals surface area contributed by atoms with E-state index < -0.39 is 23.3 Å². The van der Waals surface area contributed by atoms with E-state index in [1.54, 1.807) is 18.5 Å². The minimum atomic E-state index is -4.81. The third-order valence-electron chi connectivity index (χ3n) is 6.20. The molecule has 0 aliphatic carbocycles. The number of aromatic amines is 2. The molecule has 0 atom stereocenters. The lowest BCUT2D eigenvalue weighted by Crippen LogP contribution is -2.19. The molecule has 8 nitrogen and oxygen atoms in total. The molecule has 200 valence electrons. The van der Waals surface area contributed by atoms with Crippen LogP contribution in [0.4, 0.5) is 13.2 Å². The van der Waals surface area contributed by atoms with Crippen molar-refractivity contribution in [3.05, 3.63) is 78.1 Å². The Bertz CT molecular complexity index is 1640. The highest BCUT2D eigenvalue weighted by Gasteiger charge is 2.35. The van der Waals surface area contributed by atoms with Gasteiger partial charge in [-0.05, 0) is 62.6 Å². The molecule has 0 amide bonds. The fourth-order valence-electron chi connectivity index (χ4n) is 4.26. The van der Waals surface area contributed by atoms with Gasteiger partial charge in [0.05, 0.1) is 22.5 Å². The topological polar surface area (TPSA) is 107 Å². The molecule has 3 heterocycles. The summed E-state index contributed by atoms with van der Waals surface area (Å²) in [7, 11) is 3.91. The van der Waals surface area contributed by atoms with Gasteiger partial charge in [-0.1, -0.05) is 6.07 Å². The molecule has 5 aromatic rings. The standard InChI is InChI=1S/C28H24F3N5O3/c1-36(2)13-14-39-18-6-3-16(4-7-18)25-34-23(17-5-8-22(28(29,30)31)21(15-17)27(37)38)24(35-25)19-9-11-32-26-20(19)10-12-33-26/h3-12,15H,13-14H2,1-2H3,(H,32,33)(H,34,35)(H,37,38). The van der Waals surface area contributed by atoms with Gasteiger partial charge in [0.15, 0.2) is 0 Å². The van der Waals surface area contributed by atoms with Crippen molar-refractivity contribution in [2.75, 3.05) is 27.2 Å². The van der Waals surface area contributed by atoms with Crippen LogP contribution in [0.15, 0.2) is 67.0 Å². The molecule has 0 spiro atoms. The summed E-state index contributed by atoms with van der Waals surface area (Å²) in [5.41, 5.74) is 1.01. The number of H-pyrrole nitrogens is 2. The van der Waals surface area contributed by atoms with Crippen LogP contribution < -0.4 is 4.74 Å². The van der Waals surface area contributed by atoms with Crippen LogP contribution in [-0.2, 0) is 6.18 Å². The number of fused-ring (bicyclic) bond motifs is 1. The maximum absolute atomic E-state index is 13.5. The van der Waals surface area contributed by atoms with E-state index in [9.17, 15) is 23.1 Å². The van der Waals surface area contributed by atoms with Gasteiger partial charge in [-0.2, -0.15) is 13.2 Å². The first-order valence-electron chi connectivity index (χ1n) is 12.0. The Balaban J connectivity index is 1.62. The van der Waals surface area contributed by atoms with Crippen LogP contribution in [0.1, 0.15) is 15.9 Å². The molecule has 3 aromatic heterocycles. The summed E-state index contributed by atoms with van der Waals surface area (Å²) in [5, 5.41) is 10.3. The minimum Gasteiger partial charge on any atom is -0.492 e. The number of halogens is 3. The number of imidazole rings is 1. The highest BCUT2D eigenvalue weighted by molar-refractivity contribution is 5.97. The van der Waals surface area contributed by atoms with E-state index in [-0.39, 0.29) is 5.56 Å². The number of ether oxygens (including phenoxy) is 1. The zero-order valence-electron chi connectivity index (χ0n) is 21.0. The summed E-state index contributed by atoms with van der Waals surface area (Å²) in [5.74, 6) is -0.537. The third-order valence-corrected chi connectivity index (χ3v) is 6.20. The van der Waals surface area contributed by atoms with E-state index in [0.717, 1.165) is 24.1 Å². The van der Waals surface area contributed by atoms with Crippen LogP contribution in [0, 0.1) is 0 Å². The van der Waals surface area contributed by atoms with Crippen LogP contribution in [-0.4, -0.2) is 63.2 Å². The van der Waals surface area contributed by atoms with E-state index in [2.05, 4.69) is 15.0 Å². The molecule has 11 heteroatoms. The number of rotatable bonds is 8.